The number of hydrogen-bond donors (Lipinski definition) is 1. The molecule has 18 heavy (non-hydrogen) atoms. The Bertz CT molecular complexity index is 783. The van der Waals surface area contributed by atoms with Gasteiger partial charge in [-0.2, -0.15) is 0 Å². The molecule has 1 aromatic carbocycles. The van der Waals surface area contributed by atoms with E-state index in [4.69, 9.17) is 12.2 Å². The van der Waals surface area contributed by atoms with Crippen molar-refractivity contribution in [1.82, 2.24) is 14.5 Å². The maximum atomic E-state index is 5.14. The number of hydrogen-bond acceptors (Lipinski definition) is 2. The fourth-order valence-corrected chi connectivity index (χ4v) is 2.52. The van der Waals surface area contributed by atoms with Gasteiger partial charge in [-0.15, -0.1) is 0 Å². The number of nitrogens with one attached hydrogen (secondary N) is 1. The minimum Gasteiger partial charge on any atom is -0.350 e. The van der Waals surface area contributed by atoms with E-state index >= 15 is 0 Å². The lowest BCUT2D eigenvalue weighted by molar-refractivity contribution is 0.968. The van der Waals surface area contributed by atoms with Crippen LogP contribution in [0.2, 0.25) is 0 Å². The van der Waals surface area contributed by atoms with Crippen molar-refractivity contribution in [2.45, 2.75) is 6.92 Å². The number of H-pyrrole nitrogens is 1. The number of aromatic nitrogens is 3. The number of aromatic amines is 1. The van der Waals surface area contributed by atoms with Crippen LogP contribution in [-0.2, 0) is 7.05 Å². The highest BCUT2D eigenvalue weighted by Gasteiger charge is 2.09. The second kappa shape index (κ2) is 4.07. The summed E-state index contributed by atoms with van der Waals surface area (Å²) in [5.41, 5.74) is 4.27. The number of nitrogens with zero attached hydrogens (tertiary/aromatic N) is 2. The first kappa shape index (κ1) is 11.2. The molecule has 2 aromatic heterocycles. The monoisotopic (exact) mass is 255 g/mol. The van der Waals surface area contributed by atoms with Gasteiger partial charge in [0.05, 0.1) is 5.69 Å². The molecule has 0 aliphatic carbocycles. The first-order valence-electron chi connectivity index (χ1n) is 5.77. The van der Waals surface area contributed by atoms with Gasteiger partial charge in [-0.05, 0) is 31.3 Å². The molecule has 0 atom stereocenters. The molecule has 3 nitrogen and oxygen atoms in total. The Balaban J connectivity index is 2.35. The summed E-state index contributed by atoms with van der Waals surface area (Å²) < 4.78 is 2.64. The number of fused-ring (bicyclic) bond motifs is 1. The van der Waals surface area contributed by atoms with Gasteiger partial charge in [-0.1, -0.05) is 18.2 Å². The topological polar surface area (TPSA) is 33.6 Å². The molecule has 0 aliphatic heterocycles. The predicted molar refractivity (Wildman–Crippen MR) is 76.1 cm³/mol. The number of rotatable bonds is 1. The molecule has 1 N–H and O–H groups in total. The molecule has 0 saturated carbocycles. The van der Waals surface area contributed by atoms with Crippen LogP contribution in [0.3, 0.4) is 0 Å². The highest BCUT2D eigenvalue weighted by atomic mass is 32.1. The van der Waals surface area contributed by atoms with Crippen molar-refractivity contribution in [3.05, 3.63) is 47.0 Å². The van der Waals surface area contributed by atoms with Crippen molar-refractivity contribution in [3.63, 3.8) is 0 Å². The molecular weight excluding hydrogens is 242 g/mol. The van der Waals surface area contributed by atoms with E-state index in [1.807, 2.05) is 32.2 Å². The van der Waals surface area contributed by atoms with Gasteiger partial charge in [0.25, 0.3) is 0 Å². The van der Waals surface area contributed by atoms with E-state index in [1.165, 1.54) is 10.9 Å². The van der Waals surface area contributed by atoms with E-state index in [2.05, 4.69) is 32.9 Å². The van der Waals surface area contributed by atoms with Crippen LogP contribution in [0, 0.1) is 11.7 Å². The van der Waals surface area contributed by atoms with E-state index < -0.39 is 0 Å². The molecule has 90 valence electrons. The number of benzene rings is 1. The van der Waals surface area contributed by atoms with Crippen LogP contribution in [0.4, 0.5) is 0 Å². The highest BCUT2D eigenvalue weighted by Crippen LogP contribution is 2.28. The molecule has 2 heterocycles. The Hall–Kier alpha value is -1.94. The van der Waals surface area contributed by atoms with Crippen LogP contribution in [0.15, 0.2) is 36.5 Å². The quantitative estimate of drug-likeness (QED) is 0.674. The summed E-state index contributed by atoms with van der Waals surface area (Å²) in [5, 5.41) is 1.20. The van der Waals surface area contributed by atoms with E-state index in [-0.39, 0.29) is 0 Å². The van der Waals surface area contributed by atoms with Gasteiger partial charge >= 0.3 is 0 Å². The second-order valence-electron chi connectivity index (χ2n) is 4.43. The summed E-state index contributed by atoms with van der Waals surface area (Å²) in [6.07, 6.45) is 2.10. The Morgan fingerprint density at radius 2 is 2.06 bits per heavy atom. The zero-order chi connectivity index (χ0) is 12.7. The zero-order valence-corrected chi connectivity index (χ0v) is 11.1. The third-order valence-electron chi connectivity index (χ3n) is 3.05. The van der Waals surface area contributed by atoms with Crippen LogP contribution in [0.25, 0.3) is 22.2 Å². The summed E-state index contributed by atoms with van der Waals surface area (Å²) in [5.74, 6) is 0. The molecule has 0 bridgehead atoms. The van der Waals surface area contributed by atoms with Crippen LogP contribution in [0.5, 0.6) is 0 Å². The van der Waals surface area contributed by atoms with E-state index in [0.717, 1.165) is 17.0 Å². The molecule has 0 amide bonds. The van der Waals surface area contributed by atoms with Gasteiger partial charge in [0.1, 0.15) is 0 Å². The Morgan fingerprint density at radius 3 is 2.83 bits per heavy atom. The van der Waals surface area contributed by atoms with Crippen LogP contribution < -0.4 is 0 Å². The molecule has 0 unspecified atom stereocenters. The van der Waals surface area contributed by atoms with Crippen LogP contribution >= 0.6 is 12.2 Å². The fourth-order valence-electron chi connectivity index (χ4n) is 2.26. The fraction of sp³-hybridized carbons (Fsp3) is 0.143. The van der Waals surface area contributed by atoms with Gasteiger partial charge in [0, 0.05) is 35.4 Å². The summed E-state index contributed by atoms with van der Waals surface area (Å²) in [6.45, 7) is 1.99. The molecule has 3 rings (SSSR count). The van der Waals surface area contributed by atoms with E-state index in [0.29, 0.717) is 4.77 Å². The Morgan fingerprint density at radius 1 is 1.28 bits per heavy atom. The summed E-state index contributed by atoms with van der Waals surface area (Å²) >= 11 is 5.14. The van der Waals surface area contributed by atoms with Crippen molar-refractivity contribution in [3.8, 4) is 11.3 Å². The molecule has 0 spiro atoms. The minimum atomic E-state index is 0.526. The van der Waals surface area contributed by atoms with Gasteiger partial charge in [0.15, 0.2) is 4.77 Å². The third kappa shape index (κ3) is 1.75. The number of aryl methyl sites for hydroxylation is 2. The number of para-hydroxylation sites is 1. The molecule has 0 radical (unpaired) electrons. The highest BCUT2D eigenvalue weighted by molar-refractivity contribution is 7.71. The molecule has 4 heteroatoms. The predicted octanol–water partition coefficient (Wildman–Crippen LogP) is 3.61. The van der Waals surface area contributed by atoms with Crippen LogP contribution in [-0.4, -0.2) is 14.5 Å². The lowest BCUT2D eigenvalue weighted by atomic mass is 10.1. The van der Waals surface area contributed by atoms with Gasteiger partial charge in [-0.3, -0.25) is 0 Å². The minimum absolute atomic E-state index is 0.526. The normalized spacial score (nSPS) is 11.0. The van der Waals surface area contributed by atoms with Crippen molar-refractivity contribution < 1.29 is 0 Å². The van der Waals surface area contributed by atoms with E-state index in [9.17, 15) is 0 Å². The van der Waals surface area contributed by atoms with Crippen molar-refractivity contribution in [2.75, 3.05) is 0 Å². The molecule has 0 saturated heterocycles. The maximum absolute atomic E-state index is 5.14. The summed E-state index contributed by atoms with van der Waals surface area (Å²) in [6, 6.07) is 10.3. The van der Waals surface area contributed by atoms with Gasteiger partial charge in [0.2, 0.25) is 0 Å². The smallest absolute Gasteiger partial charge is 0.197 e. The van der Waals surface area contributed by atoms with Gasteiger partial charge in [-0.25, -0.2) is 4.98 Å². The maximum Gasteiger partial charge on any atom is 0.197 e. The molecule has 3 aromatic rings. The first-order chi connectivity index (χ1) is 8.65. The SMILES string of the molecule is Cc1cc(-c2cn(C)c3ccccc23)nc(=S)[nH]1. The lowest BCUT2D eigenvalue weighted by Gasteiger charge is -2.00. The zero-order valence-electron chi connectivity index (χ0n) is 10.3. The average Bonchev–Trinajstić information content (AvgIpc) is 2.66. The van der Waals surface area contributed by atoms with E-state index in [1.54, 1.807) is 0 Å². The summed E-state index contributed by atoms with van der Waals surface area (Å²) in [4.78, 5) is 7.45. The molecule has 0 aliphatic rings. The lowest BCUT2D eigenvalue weighted by Crippen LogP contribution is -1.89. The Kier molecular flexibility index (Phi) is 2.52. The third-order valence-corrected chi connectivity index (χ3v) is 3.25. The average molecular weight is 255 g/mol. The van der Waals surface area contributed by atoms with Crippen molar-refractivity contribution in [2.24, 2.45) is 7.05 Å². The molecule has 0 fully saturated rings. The van der Waals surface area contributed by atoms with Gasteiger partial charge < -0.3 is 9.55 Å². The van der Waals surface area contributed by atoms with Crippen LogP contribution in [0.1, 0.15) is 5.69 Å². The second-order valence-corrected chi connectivity index (χ2v) is 4.81. The summed E-state index contributed by atoms with van der Waals surface area (Å²) in [7, 11) is 2.04. The molecular formula is C14H13N3S. The van der Waals surface area contributed by atoms with Crippen molar-refractivity contribution in [1.29, 1.82) is 0 Å². The Labute approximate surface area is 110 Å². The standard InChI is InChI=1S/C14H13N3S/c1-9-7-12(16-14(18)15-9)11-8-17(2)13-6-4-3-5-10(11)13/h3-8H,1-2H3,(H,15,16,18). The largest absolute Gasteiger partial charge is 0.350 e. The first-order valence-corrected chi connectivity index (χ1v) is 6.18. The van der Waals surface area contributed by atoms with Crippen molar-refractivity contribution >= 4 is 23.1 Å².